The molecule has 0 heterocycles. The van der Waals surface area contributed by atoms with Crippen molar-refractivity contribution in [2.24, 2.45) is 0 Å². The number of non-ortho nitro benzene ring substituents is 1. The highest BCUT2D eigenvalue weighted by molar-refractivity contribution is 6.09. The smallest absolute Gasteiger partial charge is 0.270 e. The van der Waals surface area contributed by atoms with Crippen molar-refractivity contribution in [3.63, 3.8) is 0 Å². The summed E-state index contributed by atoms with van der Waals surface area (Å²) < 4.78 is 26.2. The van der Waals surface area contributed by atoms with Gasteiger partial charge in [-0.1, -0.05) is 12.1 Å². The van der Waals surface area contributed by atoms with E-state index < -0.39 is 22.3 Å². The number of carbonyl (C=O) groups excluding carboxylic acids is 1. The predicted molar refractivity (Wildman–Crippen MR) is 62.9 cm³/mol. The van der Waals surface area contributed by atoms with Crippen LogP contribution in [0.2, 0.25) is 0 Å². The lowest BCUT2D eigenvalue weighted by Gasteiger charge is -2.02. The number of nitro benzene ring substituents is 1. The van der Waals surface area contributed by atoms with Crippen LogP contribution in [0, 0.1) is 21.7 Å². The molecule has 2 aromatic rings. The molecule has 0 aliphatic carbocycles. The zero-order valence-electron chi connectivity index (χ0n) is 9.47. The summed E-state index contributed by atoms with van der Waals surface area (Å²) in [6.45, 7) is 0. The van der Waals surface area contributed by atoms with Gasteiger partial charge in [0, 0.05) is 23.8 Å². The van der Waals surface area contributed by atoms with Crippen LogP contribution in [-0.4, -0.2) is 10.7 Å². The Bertz CT molecular complexity index is 671. The number of nitro groups is 1. The van der Waals surface area contributed by atoms with E-state index in [1.807, 2.05) is 0 Å². The molecule has 0 atom stereocenters. The van der Waals surface area contributed by atoms with Crippen LogP contribution in [0.25, 0.3) is 0 Å². The van der Waals surface area contributed by atoms with Crippen molar-refractivity contribution in [3.8, 4) is 0 Å². The maximum Gasteiger partial charge on any atom is 0.270 e. The third-order valence-electron chi connectivity index (χ3n) is 2.49. The number of nitrogens with zero attached hydrogens (tertiary/aromatic N) is 1. The molecule has 6 heteroatoms. The molecule has 0 amide bonds. The van der Waals surface area contributed by atoms with Crippen molar-refractivity contribution >= 4 is 11.5 Å². The Labute approximate surface area is 106 Å². The van der Waals surface area contributed by atoms with Crippen LogP contribution >= 0.6 is 0 Å². The van der Waals surface area contributed by atoms with Gasteiger partial charge in [0.2, 0.25) is 0 Å². The Morgan fingerprint density at radius 3 is 2.47 bits per heavy atom. The first-order chi connectivity index (χ1) is 8.99. The highest BCUT2D eigenvalue weighted by atomic mass is 19.1. The topological polar surface area (TPSA) is 60.2 Å². The predicted octanol–water partition coefficient (Wildman–Crippen LogP) is 3.10. The Kier molecular flexibility index (Phi) is 3.33. The number of benzene rings is 2. The van der Waals surface area contributed by atoms with Crippen LogP contribution in [0.1, 0.15) is 15.9 Å². The minimum absolute atomic E-state index is 0.0280. The molecule has 0 aliphatic rings. The molecule has 0 unspecified atom stereocenters. The zero-order valence-corrected chi connectivity index (χ0v) is 9.47. The molecule has 2 aromatic carbocycles. The van der Waals surface area contributed by atoms with E-state index >= 15 is 0 Å². The van der Waals surface area contributed by atoms with Crippen molar-refractivity contribution in [1.29, 1.82) is 0 Å². The average Bonchev–Trinajstić information content (AvgIpc) is 2.38. The van der Waals surface area contributed by atoms with E-state index in [4.69, 9.17) is 0 Å². The van der Waals surface area contributed by atoms with Gasteiger partial charge in [-0.3, -0.25) is 14.9 Å². The highest BCUT2D eigenvalue weighted by Gasteiger charge is 2.17. The van der Waals surface area contributed by atoms with Crippen molar-refractivity contribution in [1.82, 2.24) is 0 Å². The number of hydrogen-bond acceptors (Lipinski definition) is 3. The third kappa shape index (κ3) is 2.62. The Balaban J connectivity index is 2.44. The summed E-state index contributed by atoms with van der Waals surface area (Å²) in [6, 6.07) is 7.47. The molecule has 2 rings (SSSR count). The van der Waals surface area contributed by atoms with Gasteiger partial charge in [0.25, 0.3) is 5.69 Å². The summed E-state index contributed by atoms with van der Waals surface area (Å²) in [5.41, 5.74) is -0.630. The molecule has 96 valence electrons. The quantitative estimate of drug-likeness (QED) is 0.485. The van der Waals surface area contributed by atoms with Crippen LogP contribution < -0.4 is 0 Å². The number of rotatable bonds is 3. The fourth-order valence-corrected chi connectivity index (χ4v) is 1.59. The van der Waals surface area contributed by atoms with Crippen LogP contribution in [-0.2, 0) is 0 Å². The summed E-state index contributed by atoms with van der Waals surface area (Å²) in [4.78, 5) is 21.9. The minimum Gasteiger partial charge on any atom is -0.288 e. The lowest BCUT2D eigenvalue weighted by molar-refractivity contribution is -0.384. The first-order valence-electron chi connectivity index (χ1n) is 5.23. The maximum atomic E-state index is 13.5. The molecular formula is C13H7F2NO3. The number of halogens is 2. The van der Waals surface area contributed by atoms with E-state index in [9.17, 15) is 23.7 Å². The maximum absolute atomic E-state index is 13.5. The van der Waals surface area contributed by atoms with Crippen LogP contribution in [0.3, 0.4) is 0 Å². The standard InChI is InChI=1S/C13H7F2NO3/c14-9-4-5-11(12(15)7-9)13(17)8-2-1-3-10(6-8)16(18)19/h1-7H. The van der Waals surface area contributed by atoms with E-state index in [0.717, 1.165) is 18.2 Å². The normalized spacial score (nSPS) is 10.2. The van der Waals surface area contributed by atoms with Gasteiger partial charge < -0.3 is 0 Å². The molecule has 0 fully saturated rings. The van der Waals surface area contributed by atoms with Crippen LogP contribution in [0.5, 0.6) is 0 Å². The summed E-state index contributed by atoms with van der Waals surface area (Å²) in [6.07, 6.45) is 0. The molecule has 19 heavy (non-hydrogen) atoms. The van der Waals surface area contributed by atoms with Gasteiger partial charge in [0.05, 0.1) is 10.5 Å². The molecule has 0 bridgehead atoms. The van der Waals surface area contributed by atoms with Crippen LogP contribution in [0.4, 0.5) is 14.5 Å². The first-order valence-corrected chi connectivity index (χ1v) is 5.23. The lowest BCUT2D eigenvalue weighted by atomic mass is 10.0. The average molecular weight is 263 g/mol. The van der Waals surface area contributed by atoms with Gasteiger partial charge in [0.15, 0.2) is 5.78 Å². The molecule has 0 aromatic heterocycles. The van der Waals surface area contributed by atoms with Gasteiger partial charge in [0.1, 0.15) is 11.6 Å². The van der Waals surface area contributed by atoms with E-state index in [0.29, 0.717) is 6.07 Å². The van der Waals surface area contributed by atoms with Gasteiger partial charge in [-0.2, -0.15) is 0 Å². The molecular weight excluding hydrogens is 256 g/mol. The number of hydrogen-bond donors (Lipinski definition) is 0. The van der Waals surface area contributed by atoms with Crippen molar-refractivity contribution in [2.75, 3.05) is 0 Å². The highest BCUT2D eigenvalue weighted by Crippen LogP contribution is 2.18. The molecule has 0 saturated heterocycles. The van der Waals surface area contributed by atoms with E-state index in [2.05, 4.69) is 0 Å². The molecule has 0 radical (unpaired) electrons. The van der Waals surface area contributed by atoms with Crippen molar-refractivity contribution < 1.29 is 18.5 Å². The SMILES string of the molecule is O=C(c1cccc([N+](=O)[O-])c1)c1ccc(F)cc1F. The number of carbonyl (C=O) groups is 1. The summed E-state index contributed by atoms with van der Waals surface area (Å²) in [5.74, 6) is -2.54. The third-order valence-corrected chi connectivity index (χ3v) is 2.49. The van der Waals surface area contributed by atoms with Gasteiger partial charge in [-0.05, 0) is 12.1 Å². The second-order valence-electron chi connectivity index (χ2n) is 3.76. The second kappa shape index (κ2) is 4.93. The van der Waals surface area contributed by atoms with E-state index in [1.54, 1.807) is 0 Å². The van der Waals surface area contributed by atoms with Crippen molar-refractivity contribution in [3.05, 3.63) is 75.3 Å². The largest absolute Gasteiger partial charge is 0.288 e. The minimum atomic E-state index is -1.00. The molecule has 0 spiro atoms. The summed E-state index contributed by atoms with van der Waals surface area (Å²) >= 11 is 0. The van der Waals surface area contributed by atoms with E-state index in [-0.39, 0.29) is 16.8 Å². The Morgan fingerprint density at radius 2 is 1.84 bits per heavy atom. The lowest BCUT2D eigenvalue weighted by Crippen LogP contribution is -2.05. The molecule has 4 nitrogen and oxygen atoms in total. The van der Waals surface area contributed by atoms with Crippen molar-refractivity contribution in [2.45, 2.75) is 0 Å². The molecule has 0 saturated carbocycles. The first kappa shape index (κ1) is 12.8. The zero-order chi connectivity index (χ0) is 14.0. The van der Waals surface area contributed by atoms with Gasteiger partial charge >= 0.3 is 0 Å². The molecule has 0 aliphatic heterocycles. The van der Waals surface area contributed by atoms with Gasteiger partial charge in [-0.25, -0.2) is 8.78 Å². The fourth-order valence-electron chi connectivity index (χ4n) is 1.59. The Morgan fingerprint density at radius 1 is 1.11 bits per heavy atom. The molecule has 0 N–H and O–H groups in total. The Hall–Kier alpha value is -2.63. The van der Waals surface area contributed by atoms with E-state index in [1.165, 1.54) is 18.2 Å². The van der Waals surface area contributed by atoms with Gasteiger partial charge in [-0.15, -0.1) is 0 Å². The second-order valence-corrected chi connectivity index (χ2v) is 3.76. The monoisotopic (exact) mass is 263 g/mol. The van der Waals surface area contributed by atoms with Crippen LogP contribution in [0.15, 0.2) is 42.5 Å². The summed E-state index contributed by atoms with van der Waals surface area (Å²) in [7, 11) is 0. The fraction of sp³-hybridized carbons (Fsp3) is 0. The summed E-state index contributed by atoms with van der Waals surface area (Å²) in [5, 5.41) is 10.6. The number of ketones is 1.